The van der Waals surface area contributed by atoms with Gasteiger partial charge in [-0.15, -0.1) is 6.58 Å². The van der Waals surface area contributed by atoms with Crippen molar-refractivity contribution >= 4 is 0 Å². The van der Waals surface area contributed by atoms with Crippen LogP contribution in [0.4, 0.5) is 0 Å². The molecule has 1 atom stereocenters. The fourth-order valence-corrected chi connectivity index (χ4v) is 1.64. The van der Waals surface area contributed by atoms with E-state index in [4.69, 9.17) is 0 Å². The lowest BCUT2D eigenvalue weighted by atomic mass is 9.87. The van der Waals surface area contributed by atoms with Gasteiger partial charge in [-0.3, -0.25) is 4.90 Å². The summed E-state index contributed by atoms with van der Waals surface area (Å²) in [4.78, 5) is 2.24. The molecule has 0 aromatic heterocycles. The second kappa shape index (κ2) is 4.43. The first-order valence-electron chi connectivity index (χ1n) is 4.95. The lowest BCUT2D eigenvalue weighted by molar-refractivity contribution is 0.177. The first-order chi connectivity index (χ1) is 6.61. The maximum atomic E-state index is 3.83. The molecule has 0 amide bonds. The molecule has 0 saturated heterocycles. The van der Waals surface area contributed by atoms with Gasteiger partial charge in [-0.05, 0) is 33.0 Å². The van der Waals surface area contributed by atoms with Gasteiger partial charge < -0.3 is 0 Å². The molecule has 0 aliphatic rings. The van der Waals surface area contributed by atoms with Gasteiger partial charge in [0, 0.05) is 5.54 Å². The summed E-state index contributed by atoms with van der Waals surface area (Å²) in [6.07, 6.45) is 2.94. The predicted molar refractivity (Wildman–Crippen MR) is 62.3 cm³/mol. The van der Waals surface area contributed by atoms with Crippen molar-refractivity contribution in [1.29, 1.82) is 0 Å². The second-order valence-corrected chi connectivity index (χ2v) is 4.03. The van der Waals surface area contributed by atoms with E-state index in [1.54, 1.807) is 0 Å². The average molecular weight is 189 g/mol. The van der Waals surface area contributed by atoms with Crippen LogP contribution in [-0.4, -0.2) is 19.0 Å². The Balaban J connectivity index is 3.05. The number of nitrogens with zero attached hydrogens (tertiary/aromatic N) is 1. The van der Waals surface area contributed by atoms with Gasteiger partial charge in [0.05, 0.1) is 0 Å². The molecule has 1 nitrogen and oxygen atoms in total. The summed E-state index contributed by atoms with van der Waals surface area (Å²) < 4.78 is 0. The van der Waals surface area contributed by atoms with Crippen molar-refractivity contribution in [2.24, 2.45) is 0 Å². The molecule has 0 saturated carbocycles. The fraction of sp³-hybridized carbons (Fsp3) is 0.385. The average Bonchev–Trinajstić information content (AvgIpc) is 2.19. The van der Waals surface area contributed by atoms with E-state index in [9.17, 15) is 0 Å². The molecule has 76 valence electrons. The van der Waals surface area contributed by atoms with Crippen LogP contribution >= 0.6 is 0 Å². The van der Waals surface area contributed by atoms with Crippen LogP contribution in [0.3, 0.4) is 0 Å². The Morgan fingerprint density at radius 2 is 1.86 bits per heavy atom. The lowest BCUT2D eigenvalue weighted by Crippen LogP contribution is -2.37. The number of hydrogen-bond donors (Lipinski definition) is 0. The van der Waals surface area contributed by atoms with Crippen molar-refractivity contribution in [3.05, 3.63) is 48.6 Å². The first-order valence-corrected chi connectivity index (χ1v) is 4.95. The summed E-state index contributed by atoms with van der Waals surface area (Å²) in [7, 11) is 4.22. The lowest BCUT2D eigenvalue weighted by Gasteiger charge is -2.36. The van der Waals surface area contributed by atoms with Gasteiger partial charge in [-0.25, -0.2) is 0 Å². The van der Waals surface area contributed by atoms with Crippen LogP contribution in [-0.2, 0) is 5.54 Å². The molecule has 1 aromatic rings. The Morgan fingerprint density at radius 3 is 2.29 bits per heavy atom. The zero-order chi connectivity index (χ0) is 10.6. The zero-order valence-electron chi connectivity index (χ0n) is 9.33. The summed E-state index contributed by atoms with van der Waals surface area (Å²) >= 11 is 0. The molecular formula is C13H19N. The molecule has 1 unspecified atom stereocenters. The predicted octanol–water partition coefficient (Wildman–Crippen LogP) is 3.04. The van der Waals surface area contributed by atoms with E-state index in [2.05, 4.69) is 56.8 Å². The summed E-state index contributed by atoms with van der Waals surface area (Å²) in [6.45, 7) is 6.07. The van der Waals surface area contributed by atoms with Gasteiger partial charge in [0.1, 0.15) is 0 Å². The van der Waals surface area contributed by atoms with Crippen LogP contribution in [0.15, 0.2) is 43.0 Å². The third kappa shape index (κ3) is 2.05. The highest BCUT2D eigenvalue weighted by Crippen LogP contribution is 2.29. The molecule has 0 heterocycles. The van der Waals surface area contributed by atoms with Gasteiger partial charge in [0.15, 0.2) is 0 Å². The van der Waals surface area contributed by atoms with Gasteiger partial charge in [-0.1, -0.05) is 36.4 Å². The first kappa shape index (κ1) is 11.0. The highest BCUT2D eigenvalue weighted by Gasteiger charge is 2.26. The molecule has 1 aromatic carbocycles. The molecule has 0 fully saturated rings. The van der Waals surface area contributed by atoms with E-state index in [1.165, 1.54) is 5.56 Å². The fourth-order valence-electron chi connectivity index (χ4n) is 1.64. The Bertz CT molecular complexity index is 289. The minimum absolute atomic E-state index is 0.0585. The highest BCUT2D eigenvalue weighted by molar-refractivity contribution is 5.24. The van der Waals surface area contributed by atoms with Crippen molar-refractivity contribution in [2.45, 2.75) is 18.9 Å². The monoisotopic (exact) mass is 189 g/mol. The summed E-state index contributed by atoms with van der Waals surface area (Å²) in [5.41, 5.74) is 1.40. The Labute approximate surface area is 87.1 Å². The maximum Gasteiger partial charge on any atom is 0.0460 e. The van der Waals surface area contributed by atoms with Gasteiger partial charge in [0.2, 0.25) is 0 Å². The van der Waals surface area contributed by atoms with E-state index >= 15 is 0 Å². The molecule has 1 heteroatoms. The van der Waals surface area contributed by atoms with E-state index < -0.39 is 0 Å². The van der Waals surface area contributed by atoms with Crippen molar-refractivity contribution < 1.29 is 0 Å². The smallest absolute Gasteiger partial charge is 0.0460 e. The zero-order valence-corrected chi connectivity index (χ0v) is 9.33. The van der Waals surface area contributed by atoms with E-state index in [-0.39, 0.29) is 5.54 Å². The number of rotatable bonds is 4. The SMILES string of the molecule is C=CCC(C)(c1ccccc1)N(C)C. The molecule has 0 aliphatic heterocycles. The van der Waals surface area contributed by atoms with Crippen LogP contribution < -0.4 is 0 Å². The van der Waals surface area contributed by atoms with E-state index in [0.29, 0.717) is 0 Å². The standard InChI is InChI=1S/C13H19N/c1-5-11-13(2,14(3)4)12-9-7-6-8-10-12/h5-10H,1,11H2,2-4H3. The van der Waals surface area contributed by atoms with E-state index in [1.807, 2.05) is 12.1 Å². The molecule has 0 aliphatic carbocycles. The Hall–Kier alpha value is -1.08. The van der Waals surface area contributed by atoms with Crippen molar-refractivity contribution in [1.82, 2.24) is 4.90 Å². The van der Waals surface area contributed by atoms with E-state index in [0.717, 1.165) is 6.42 Å². The quantitative estimate of drug-likeness (QED) is 0.658. The summed E-state index contributed by atoms with van der Waals surface area (Å²) in [5, 5.41) is 0. The normalized spacial score (nSPS) is 15.1. The maximum absolute atomic E-state index is 3.83. The topological polar surface area (TPSA) is 3.24 Å². The largest absolute Gasteiger partial charge is 0.300 e. The van der Waals surface area contributed by atoms with Gasteiger partial charge in [-0.2, -0.15) is 0 Å². The molecule has 0 spiro atoms. The van der Waals surface area contributed by atoms with Crippen LogP contribution in [0.2, 0.25) is 0 Å². The van der Waals surface area contributed by atoms with Gasteiger partial charge >= 0.3 is 0 Å². The van der Waals surface area contributed by atoms with Crippen molar-refractivity contribution in [2.75, 3.05) is 14.1 Å². The number of benzene rings is 1. The molecule has 14 heavy (non-hydrogen) atoms. The summed E-state index contributed by atoms with van der Waals surface area (Å²) in [6, 6.07) is 10.6. The minimum Gasteiger partial charge on any atom is -0.300 e. The van der Waals surface area contributed by atoms with Crippen molar-refractivity contribution in [3.8, 4) is 0 Å². The minimum atomic E-state index is 0.0585. The molecule has 0 N–H and O–H groups in total. The Morgan fingerprint density at radius 1 is 1.29 bits per heavy atom. The van der Waals surface area contributed by atoms with Crippen molar-refractivity contribution in [3.63, 3.8) is 0 Å². The Kier molecular flexibility index (Phi) is 3.48. The molecule has 1 rings (SSSR count). The van der Waals surface area contributed by atoms with Crippen LogP contribution in [0, 0.1) is 0 Å². The number of hydrogen-bond acceptors (Lipinski definition) is 1. The molecule has 0 bridgehead atoms. The van der Waals surface area contributed by atoms with Crippen LogP contribution in [0.25, 0.3) is 0 Å². The second-order valence-electron chi connectivity index (χ2n) is 4.03. The third-order valence-electron chi connectivity index (χ3n) is 2.92. The summed E-state index contributed by atoms with van der Waals surface area (Å²) in [5.74, 6) is 0. The van der Waals surface area contributed by atoms with Crippen LogP contribution in [0.1, 0.15) is 18.9 Å². The third-order valence-corrected chi connectivity index (χ3v) is 2.92. The highest BCUT2D eigenvalue weighted by atomic mass is 15.1. The van der Waals surface area contributed by atoms with Crippen LogP contribution in [0.5, 0.6) is 0 Å². The molecular weight excluding hydrogens is 170 g/mol. The molecule has 0 radical (unpaired) electrons. The van der Waals surface area contributed by atoms with Gasteiger partial charge in [0.25, 0.3) is 0 Å².